The SMILES string of the molecule is C#CC1(O)CCC2C3CCc4cc(Oc5nc(F)nc(-c6c(C)c(C(=O)OCC)n7ccccc67)n5)ccc4C3CCC21C. The van der Waals surface area contributed by atoms with Crippen LogP contribution in [0.5, 0.6) is 11.8 Å². The van der Waals surface area contributed by atoms with Crippen LogP contribution in [0.25, 0.3) is 16.9 Å². The number of terminal acetylenes is 1. The zero-order valence-electron chi connectivity index (χ0n) is 25.1. The standard InChI is InChI=1S/C35H35FN4O4/c1-5-35(42)17-15-26-25-12-10-21-19-22(11-13-23(21)24(25)14-16-34(26,35)4)44-33-38-30(37-32(36)39-33)28-20(3)29(31(41)43-6-2)40-18-8-7-9-27(28)40/h1,7-9,11,13,18-19,24-26,42H,6,10,12,14-17H2,2-4H3. The van der Waals surface area contributed by atoms with E-state index in [0.717, 1.165) is 32.1 Å². The van der Waals surface area contributed by atoms with E-state index in [1.165, 1.54) is 11.1 Å². The van der Waals surface area contributed by atoms with Crippen molar-refractivity contribution in [1.82, 2.24) is 19.4 Å². The molecule has 3 heterocycles. The molecule has 1 aromatic carbocycles. The zero-order chi connectivity index (χ0) is 30.8. The van der Waals surface area contributed by atoms with Gasteiger partial charge in [0.25, 0.3) is 0 Å². The molecule has 8 nitrogen and oxygen atoms in total. The number of aryl methyl sites for hydroxylation is 1. The maximum absolute atomic E-state index is 14.8. The number of ether oxygens (including phenoxy) is 2. The van der Waals surface area contributed by atoms with Crippen molar-refractivity contribution in [3.8, 4) is 35.5 Å². The first-order valence-corrected chi connectivity index (χ1v) is 15.4. The number of benzene rings is 1. The molecule has 2 saturated carbocycles. The second-order valence-electron chi connectivity index (χ2n) is 12.6. The third kappa shape index (κ3) is 4.22. The first-order chi connectivity index (χ1) is 21.2. The highest BCUT2D eigenvalue weighted by molar-refractivity contribution is 5.97. The molecule has 3 aliphatic rings. The number of nitrogens with zero attached hydrogens (tertiary/aromatic N) is 4. The smallest absolute Gasteiger partial charge is 0.355 e. The Balaban J connectivity index is 1.18. The Kier molecular flexibility index (Phi) is 6.74. The van der Waals surface area contributed by atoms with E-state index in [-0.39, 0.29) is 23.9 Å². The molecule has 3 aromatic heterocycles. The summed E-state index contributed by atoms with van der Waals surface area (Å²) >= 11 is 0. The number of carbonyl (C=O) groups is 1. The fraction of sp³-hybridized carbons (Fsp3) is 0.429. The van der Waals surface area contributed by atoms with Gasteiger partial charge in [0.1, 0.15) is 17.0 Å². The number of carbonyl (C=O) groups excluding carboxylic acids is 1. The highest BCUT2D eigenvalue weighted by atomic mass is 19.1. The minimum atomic E-state index is -1.02. The van der Waals surface area contributed by atoms with E-state index in [0.29, 0.717) is 52.3 Å². The number of pyridine rings is 1. The molecule has 5 unspecified atom stereocenters. The molecule has 3 aliphatic carbocycles. The second kappa shape index (κ2) is 10.4. The Bertz CT molecular complexity index is 1850. The maximum atomic E-state index is 14.8. The molecule has 0 bridgehead atoms. The van der Waals surface area contributed by atoms with E-state index < -0.39 is 17.6 Å². The van der Waals surface area contributed by atoms with Gasteiger partial charge in [-0.25, -0.2) is 4.79 Å². The van der Waals surface area contributed by atoms with Crippen molar-refractivity contribution in [3.63, 3.8) is 0 Å². The topological polar surface area (TPSA) is 98.8 Å². The van der Waals surface area contributed by atoms with Crippen molar-refractivity contribution in [3.05, 3.63) is 71.1 Å². The summed E-state index contributed by atoms with van der Waals surface area (Å²) in [6.07, 6.45) is 12.0. The summed E-state index contributed by atoms with van der Waals surface area (Å²) in [7, 11) is 0. The predicted octanol–water partition coefficient (Wildman–Crippen LogP) is 6.43. The summed E-state index contributed by atoms with van der Waals surface area (Å²) in [5.74, 6) is 4.14. The quantitative estimate of drug-likeness (QED) is 0.210. The maximum Gasteiger partial charge on any atom is 0.355 e. The highest BCUT2D eigenvalue weighted by Gasteiger charge is 2.61. The number of hydrogen-bond acceptors (Lipinski definition) is 7. The summed E-state index contributed by atoms with van der Waals surface area (Å²) < 4.78 is 27.9. The minimum absolute atomic E-state index is 0.0683. The Morgan fingerprint density at radius 3 is 2.82 bits per heavy atom. The number of aromatic nitrogens is 4. The number of rotatable bonds is 5. The summed E-state index contributed by atoms with van der Waals surface area (Å²) in [5.41, 5.74) is 3.30. The lowest BCUT2D eigenvalue weighted by atomic mass is 9.53. The molecule has 7 rings (SSSR count). The van der Waals surface area contributed by atoms with E-state index in [1.54, 1.807) is 30.5 Å². The first kappa shape index (κ1) is 28.5. The van der Waals surface area contributed by atoms with Gasteiger partial charge in [0.2, 0.25) is 0 Å². The van der Waals surface area contributed by atoms with E-state index in [4.69, 9.17) is 15.9 Å². The first-order valence-electron chi connectivity index (χ1n) is 15.4. The van der Waals surface area contributed by atoms with Gasteiger partial charge in [-0.1, -0.05) is 25.0 Å². The number of halogens is 1. The Hall–Kier alpha value is -4.29. The zero-order valence-corrected chi connectivity index (χ0v) is 25.1. The van der Waals surface area contributed by atoms with Gasteiger partial charge >= 0.3 is 18.1 Å². The van der Waals surface area contributed by atoms with Crippen molar-refractivity contribution in [1.29, 1.82) is 0 Å². The molecule has 44 heavy (non-hydrogen) atoms. The van der Waals surface area contributed by atoms with Crippen LogP contribution in [-0.2, 0) is 11.2 Å². The molecular formula is C35H35FN4O4. The molecule has 0 amide bonds. The second-order valence-corrected chi connectivity index (χ2v) is 12.6. The predicted molar refractivity (Wildman–Crippen MR) is 162 cm³/mol. The molecule has 226 valence electrons. The number of aliphatic hydroxyl groups is 1. The molecular weight excluding hydrogens is 559 g/mol. The number of esters is 1. The summed E-state index contributed by atoms with van der Waals surface area (Å²) in [5, 5.41) is 11.2. The van der Waals surface area contributed by atoms with Crippen LogP contribution in [0.2, 0.25) is 0 Å². The lowest BCUT2D eigenvalue weighted by molar-refractivity contribution is -0.0646. The van der Waals surface area contributed by atoms with Gasteiger partial charge in [-0.15, -0.1) is 11.4 Å². The molecule has 0 aliphatic heterocycles. The third-order valence-corrected chi connectivity index (χ3v) is 10.7. The van der Waals surface area contributed by atoms with Crippen molar-refractivity contribution in [2.45, 2.75) is 70.8 Å². The van der Waals surface area contributed by atoms with E-state index in [2.05, 4.69) is 33.9 Å². The molecule has 2 fully saturated rings. The van der Waals surface area contributed by atoms with Crippen LogP contribution < -0.4 is 4.74 Å². The van der Waals surface area contributed by atoms with Crippen molar-refractivity contribution >= 4 is 11.5 Å². The lowest BCUT2D eigenvalue weighted by Gasteiger charge is -2.52. The van der Waals surface area contributed by atoms with Crippen LogP contribution in [0.3, 0.4) is 0 Å². The van der Waals surface area contributed by atoms with Crippen LogP contribution in [0, 0.1) is 42.6 Å². The monoisotopic (exact) mass is 594 g/mol. The minimum Gasteiger partial charge on any atom is -0.461 e. The average Bonchev–Trinajstić information content (AvgIpc) is 3.46. The molecule has 9 heteroatoms. The van der Waals surface area contributed by atoms with Crippen LogP contribution in [-0.4, -0.2) is 42.6 Å². The molecule has 0 spiro atoms. The van der Waals surface area contributed by atoms with Crippen molar-refractivity contribution in [2.24, 2.45) is 17.3 Å². The molecule has 1 N–H and O–H groups in total. The van der Waals surface area contributed by atoms with Gasteiger partial charge in [-0.3, -0.25) is 0 Å². The summed E-state index contributed by atoms with van der Waals surface area (Å²) in [6, 6.07) is 11.3. The Morgan fingerprint density at radius 1 is 1.18 bits per heavy atom. The van der Waals surface area contributed by atoms with Gasteiger partial charge in [0, 0.05) is 17.2 Å². The normalized spacial score (nSPS) is 27.2. The van der Waals surface area contributed by atoms with Crippen LogP contribution in [0.15, 0.2) is 42.6 Å². The van der Waals surface area contributed by atoms with Crippen molar-refractivity contribution in [2.75, 3.05) is 6.61 Å². The fourth-order valence-electron chi connectivity index (χ4n) is 8.54. The van der Waals surface area contributed by atoms with E-state index in [1.807, 2.05) is 24.3 Å². The van der Waals surface area contributed by atoms with Crippen LogP contribution in [0.1, 0.15) is 79.0 Å². The summed E-state index contributed by atoms with van der Waals surface area (Å²) in [4.78, 5) is 25.1. The van der Waals surface area contributed by atoms with Gasteiger partial charge in [-0.2, -0.15) is 14.4 Å². The Labute approximate surface area is 255 Å². The van der Waals surface area contributed by atoms with E-state index >= 15 is 0 Å². The van der Waals surface area contributed by atoms with Crippen molar-refractivity contribution < 1.29 is 23.8 Å². The van der Waals surface area contributed by atoms with Gasteiger partial charge < -0.3 is 19.0 Å². The fourth-order valence-corrected chi connectivity index (χ4v) is 8.54. The van der Waals surface area contributed by atoms with Gasteiger partial charge in [-0.05, 0) is 111 Å². The van der Waals surface area contributed by atoms with Gasteiger partial charge in [0.05, 0.1) is 12.1 Å². The van der Waals surface area contributed by atoms with Crippen LogP contribution in [0.4, 0.5) is 4.39 Å². The molecule has 4 aromatic rings. The molecule has 0 radical (unpaired) electrons. The Morgan fingerprint density at radius 2 is 2.02 bits per heavy atom. The largest absolute Gasteiger partial charge is 0.461 e. The summed E-state index contributed by atoms with van der Waals surface area (Å²) in [6.45, 7) is 5.92. The lowest BCUT2D eigenvalue weighted by Crippen LogP contribution is -2.50. The number of fused-ring (bicyclic) bond motifs is 6. The van der Waals surface area contributed by atoms with E-state index in [9.17, 15) is 14.3 Å². The molecule has 5 atom stereocenters. The van der Waals surface area contributed by atoms with Gasteiger partial charge in [0.15, 0.2) is 5.82 Å². The highest BCUT2D eigenvalue weighted by Crippen LogP contribution is 2.64. The third-order valence-electron chi connectivity index (χ3n) is 10.7. The van der Waals surface area contributed by atoms with Crippen LogP contribution >= 0.6 is 0 Å². The molecule has 0 saturated heterocycles. The average molecular weight is 595 g/mol. The number of hydrogen-bond donors (Lipinski definition) is 1.